The third kappa shape index (κ3) is 6.73. The van der Waals surface area contributed by atoms with Crippen LogP contribution in [0.4, 0.5) is 5.69 Å². The van der Waals surface area contributed by atoms with Gasteiger partial charge in [-0.05, 0) is 69.4 Å². The summed E-state index contributed by atoms with van der Waals surface area (Å²) in [5, 5.41) is 2.78. The van der Waals surface area contributed by atoms with Crippen molar-refractivity contribution in [1.82, 2.24) is 4.90 Å². The number of nitrogens with one attached hydrogen (secondary N) is 1. The fraction of sp³-hybridized carbons (Fsp3) is 0.423. The molecule has 0 aromatic heterocycles. The summed E-state index contributed by atoms with van der Waals surface area (Å²) in [5.74, 6) is -0.444. The highest BCUT2D eigenvalue weighted by molar-refractivity contribution is 5.96. The largest absolute Gasteiger partial charge is 0.490 e. The van der Waals surface area contributed by atoms with E-state index in [0.29, 0.717) is 23.8 Å². The summed E-state index contributed by atoms with van der Waals surface area (Å²) in [4.78, 5) is 39.0. The standard InChI is InChI=1S/C26H32N2O6/c1-4-32-22-15-20(11-12-21(22)33-17-24(30)28-13-6-5-7-14-28)26(31)34-16-23(29)27-25-18(2)9-8-10-19(25)3/h8-12,15H,4-7,13-14,16-17H2,1-3H3,(H,27,29). The third-order valence-electron chi connectivity index (χ3n) is 5.62. The molecule has 8 nitrogen and oxygen atoms in total. The SMILES string of the molecule is CCOc1cc(C(=O)OCC(=O)Nc2c(C)cccc2C)ccc1OCC(=O)N1CCCCC1. The molecule has 1 heterocycles. The number of ether oxygens (including phenoxy) is 3. The van der Waals surface area contributed by atoms with Gasteiger partial charge in [-0.15, -0.1) is 0 Å². The number of hydrogen-bond acceptors (Lipinski definition) is 6. The minimum absolute atomic E-state index is 0.0689. The Morgan fingerprint density at radius 3 is 2.29 bits per heavy atom. The fourth-order valence-electron chi connectivity index (χ4n) is 3.80. The van der Waals surface area contributed by atoms with E-state index in [1.807, 2.05) is 39.0 Å². The molecule has 1 aliphatic heterocycles. The number of benzene rings is 2. The first-order valence-corrected chi connectivity index (χ1v) is 11.6. The van der Waals surface area contributed by atoms with Gasteiger partial charge < -0.3 is 24.4 Å². The molecule has 0 radical (unpaired) electrons. The quantitative estimate of drug-likeness (QED) is 0.561. The lowest BCUT2D eigenvalue weighted by Crippen LogP contribution is -2.38. The molecular formula is C26H32N2O6. The van der Waals surface area contributed by atoms with Gasteiger partial charge in [-0.1, -0.05) is 18.2 Å². The first-order valence-electron chi connectivity index (χ1n) is 11.6. The summed E-state index contributed by atoms with van der Waals surface area (Å²) < 4.78 is 16.5. The fourth-order valence-corrected chi connectivity index (χ4v) is 3.80. The lowest BCUT2D eigenvalue weighted by molar-refractivity contribution is -0.134. The maximum Gasteiger partial charge on any atom is 0.338 e. The minimum atomic E-state index is -0.659. The van der Waals surface area contributed by atoms with Crippen LogP contribution in [0.25, 0.3) is 0 Å². The van der Waals surface area contributed by atoms with Crippen LogP contribution in [-0.4, -0.2) is 55.6 Å². The summed E-state index contributed by atoms with van der Waals surface area (Å²) in [6, 6.07) is 10.3. The minimum Gasteiger partial charge on any atom is -0.490 e. The van der Waals surface area contributed by atoms with Crippen molar-refractivity contribution in [1.29, 1.82) is 0 Å². The average Bonchev–Trinajstić information content (AvgIpc) is 2.84. The third-order valence-corrected chi connectivity index (χ3v) is 5.62. The van der Waals surface area contributed by atoms with E-state index < -0.39 is 18.5 Å². The molecule has 1 aliphatic rings. The molecule has 8 heteroatoms. The van der Waals surface area contributed by atoms with Crippen LogP contribution >= 0.6 is 0 Å². The van der Waals surface area contributed by atoms with Crippen molar-refractivity contribution in [3.05, 3.63) is 53.1 Å². The molecule has 34 heavy (non-hydrogen) atoms. The van der Waals surface area contributed by atoms with Crippen LogP contribution in [0.3, 0.4) is 0 Å². The molecule has 2 amide bonds. The maximum atomic E-state index is 12.5. The van der Waals surface area contributed by atoms with Crippen LogP contribution in [0.15, 0.2) is 36.4 Å². The van der Waals surface area contributed by atoms with Gasteiger partial charge >= 0.3 is 5.97 Å². The number of aryl methyl sites for hydroxylation is 2. The number of rotatable bonds is 9. The van der Waals surface area contributed by atoms with E-state index in [1.165, 1.54) is 12.1 Å². The van der Waals surface area contributed by atoms with Crippen LogP contribution in [0.2, 0.25) is 0 Å². The van der Waals surface area contributed by atoms with E-state index in [4.69, 9.17) is 14.2 Å². The predicted octanol–water partition coefficient (Wildman–Crippen LogP) is 3.89. The highest BCUT2D eigenvalue weighted by Gasteiger charge is 2.19. The van der Waals surface area contributed by atoms with Gasteiger partial charge in [0.15, 0.2) is 24.7 Å². The molecule has 3 rings (SSSR count). The molecule has 0 saturated carbocycles. The molecule has 1 saturated heterocycles. The van der Waals surface area contributed by atoms with Gasteiger partial charge in [-0.3, -0.25) is 9.59 Å². The molecular weight excluding hydrogens is 436 g/mol. The smallest absolute Gasteiger partial charge is 0.338 e. The highest BCUT2D eigenvalue weighted by atomic mass is 16.5. The number of hydrogen-bond donors (Lipinski definition) is 1. The van der Waals surface area contributed by atoms with Crippen molar-refractivity contribution >= 4 is 23.5 Å². The van der Waals surface area contributed by atoms with E-state index in [2.05, 4.69) is 5.32 Å². The van der Waals surface area contributed by atoms with Crippen molar-refractivity contribution in [3.63, 3.8) is 0 Å². The number of para-hydroxylation sites is 1. The van der Waals surface area contributed by atoms with Crippen LogP contribution in [0.5, 0.6) is 11.5 Å². The van der Waals surface area contributed by atoms with Crippen molar-refractivity contribution < 1.29 is 28.6 Å². The zero-order chi connectivity index (χ0) is 24.5. The van der Waals surface area contributed by atoms with E-state index >= 15 is 0 Å². The van der Waals surface area contributed by atoms with Crippen molar-refractivity contribution in [2.24, 2.45) is 0 Å². The van der Waals surface area contributed by atoms with Gasteiger partial charge in [0.2, 0.25) is 0 Å². The second-order valence-electron chi connectivity index (χ2n) is 8.22. The molecule has 2 aromatic carbocycles. The van der Waals surface area contributed by atoms with Gasteiger partial charge in [0.05, 0.1) is 12.2 Å². The summed E-state index contributed by atoms with van der Waals surface area (Å²) in [7, 11) is 0. The number of anilines is 1. The molecule has 0 aliphatic carbocycles. The topological polar surface area (TPSA) is 94.2 Å². The predicted molar refractivity (Wildman–Crippen MR) is 128 cm³/mol. The second kappa shape index (κ2) is 12.1. The lowest BCUT2D eigenvalue weighted by Gasteiger charge is -2.26. The van der Waals surface area contributed by atoms with E-state index in [9.17, 15) is 14.4 Å². The Labute approximate surface area is 200 Å². The Morgan fingerprint density at radius 2 is 1.62 bits per heavy atom. The molecule has 182 valence electrons. The normalized spacial score (nSPS) is 13.2. The maximum absolute atomic E-state index is 12.5. The molecule has 2 aromatic rings. The Morgan fingerprint density at radius 1 is 0.912 bits per heavy atom. The van der Waals surface area contributed by atoms with Gasteiger partial charge in [0, 0.05) is 18.8 Å². The number of carbonyl (C=O) groups is 3. The van der Waals surface area contributed by atoms with Crippen LogP contribution < -0.4 is 14.8 Å². The molecule has 0 atom stereocenters. The number of amides is 2. The average molecular weight is 469 g/mol. The number of nitrogens with zero attached hydrogens (tertiary/aromatic N) is 1. The van der Waals surface area contributed by atoms with Gasteiger partial charge in [0.1, 0.15) is 0 Å². The Bertz CT molecular complexity index is 1010. The van der Waals surface area contributed by atoms with Gasteiger partial charge in [-0.25, -0.2) is 4.79 Å². The van der Waals surface area contributed by atoms with Crippen LogP contribution in [0.1, 0.15) is 47.7 Å². The zero-order valence-electron chi connectivity index (χ0n) is 20.0. The van der Waals surface area contributed by atoms with Crippen molar-refractivity contribution in [2.45, 2.75) is 40.0 Å². The molecule has 1 fully saturated rings. The second-order valence-corrected chi connectivity index (χ2v) is 8.22. The highest BCUT2D eigenvalue weighted by Crippen LogP contribution is 2.29. The van der Waals surface area contributed by atoms with E-state index in [0.717, 1.165) is 43.5 Å². The number of carbonyl (C=O) groups excluding carboxylic acids is 3. The summed E-state index contributed by atoms with van der Waals surface area (Å²) in [5.41, 5.74) is 2.78. The summed E-state index contributed by atoms with van der Waals surface area (Å²) >= 11 is 0. The lowest BCUT2D eigenvalue weighted by atomic mass is 10.1. The monoisotopic (exact) mass is 468 g/mol. The molecule has 0 spiro atoms. The van der Waals surface area contributed by atoms with Crippen LogP contribution in [0, 0.1) is 13.8 Å². The number of likely N-dealkylation sites (tertiary alicyclic amines) is 1. The number of piperidine rings is 1. The van der Waals surface area contributed by atoms with E-state index in [-0.39, 0.29) is 18.1 Å². The Hall–Kier alpha value is -3.55. The van der Waals surface area contributed by atoms with Crippen LogP contribution in [-0.2, 0) is 14.3 Å². The van der Waals surface area contributed by atoms with Crippen molar-refractivity contribution in [2.75, 3.05) is 38.2 Å². The summed E-state index contributed by atoms with van der Waals surface area (Å²) in [6.07, 6.45) is 3.16. The number of esters is 1. The molecule has 0 unspecified atom stereocenters. The van der Waals surface area contributed by atoms with E-state index in [1.54, 1.807) is 11.0 Å². The van der Waals surface area contributed by atoms with Gasteiger partial charge in [-0.2, -0.15) is 0 Å². The Kier molecular flexibility index (Phi) is 8.90. The summed E-state index contributed by atoms with van der Waals surface area (Å²) in [6.45, 7) is 6.95. The Balaban J connectivity index is 1.58. The molecule has 0 bridgehead atoms. The first-order chi connectivity index (χ1) is 16.4. The van der Waals surface area contributed by atoms with Gasteiger partial charge in [0.25, 0.3) is 11.8 Å². The first kappa shape index (κ1) is 25.1. The molecule has 1 N–H and O–H groups in total. The van der Waals surface area contributed by atoms with Crippen molar-refractivity contribution in [3.8, 4) is 11.5 Å². The zero-order valence-corrected chi connectivity index (χ0v) is 20.0.